The van der Waals surface area contributed by atoms with Crippen LogP contribution >= 0.6 is 11.8 Å². The van der Waals surface area contributed by atoms with Crippen molar-refractivity contribution < 1.29 is 8.42 Å². The number of aliphatic imine (C=N–C) groups is 1. The van der Waals surface area contributed by atoms with Gasteiger partial charge in [-0.2, -0.15) is 0 Å². The first-order valence-corrected chi connectivity index (χ1v) is 13.7. The van der Waals surface area contributed by atoms with E-state index in [0.717, 1.165) is 16.5 Å². The molecule has 0 bridgehead atoms. The Morgan fingerprint density at radius 3 is 2.61 bits per heavy atom. The van der Waals surface area contributed by atoms with E-state index in [1.54, 1.807) is 10.5 Å². The average molecular weight is 483 g/mol. The maximum atomic E-state index is 12.8. The number of rotatable bonds is 4. The van der Waals surface area contributed by atoms with Crippen molar-refractivity contribution in [3.05, 3.63) is 75.8 Å². The molecule has 5 rings (SSSR count). The Morgan fingerprint density at radius 2 is 1.91 bits per heavy atom. The highest BCUT2D eigenvalue weighted by Crippen LogP contribution is 2.37. The second-order valence-corrected chi connectivity index (χ2v) is 12.4. The van der Waals surface area contributed by atoms with Gasteiger partial charge in [0.25, 0.3) is 5.56 Å². The topological polar surface area (TPSA) is 84.1 Å². The molecule has 1 saturated heterocycles. The molecule has 7 nitrogen and oxygen atoms in total. The van der Waals surface area contributed by atoms with Crippen LogP contribution in [-0.4, -0.2) is 45.8 Å². The van der Waals surface area contributed by atoms with Crippen LogP contribution in [-0.2, 0) is 16.4 Å². The number of hydrogen-bond donors (Lipinski definition) is 0. The summed E-state index contributed by atoms with van der Waals surface area (Å²) in [7, 11) is -3.03. The smallest absolute Gasteiger partial charge is 0.258 e. The molecule has 0 radical (unpaired) electrons. The van der Waals surface area contributed by atoms with Crippen LogP contribution in [0.25, 0.3) is 5.65 Å². The molecule has 2 atom stereocenters. The van der Waals surface area contributed by atoms with Gasteiger partial charge >= 0.3 is 0 Å². The number of hydrogen-bond acceptors (Lipinski definition) is 7. The molecule has 9 heteroatoms. The third kappa shape index (κ3) is 4.31. The highest BCUT2D eigenvalue weighted by molar-refractivity contribution is 8.15. The molecule has 0 unspecified atom stereocenters. The van der Waals surface area contributed by atoms with Crippen LogP contribution in [0.5, 0.6) is 0 Å². The van der Waals surface area contributed by atoms with Crippen LogP contribution in [0.4, 0.5) is 5.69 Å². The van der Waals surface area contributed by atoms with E-state index in [1.807, 2.05) is 30.0 Å². The molecular weight excluding hydrogens is 456 g/mol. The van der Waals surface area contributed by atoms with E-state index in [0.29, 0.717) is 23.8 Å². The van der Waals surface area contributed by atoms with E-state index in [9.17, 15) is 13.2 Å². The van der Waals surface area contributed by atoms with E-state index in [4.69, 9.17) is 9.98 Å². The highest BCUT2D eigenvalue weighted by atomic mass is 32.2. The normalized spacial score (nSPS) is 21.4. The molecule has 0 N–H and O–H groups in total. The summed E-state index contributed by atoms with van der Waals surface area (Å²) in [4.78, 5) is 24.4. The van der Waals surface area contributed by atoms with Crippen molar-refractivity contribution in [2.45, 2.75) is 44.5 Å². The molecule has 0 spiro atoms. The van der Waals surface area contributed by atoms with Gasteiger partial charge in [0, 0.05) is 22.7 Å². The molecule has 1 aromatic carbocycles. The number of pyridine rings is 1. The minimum Gasteiger partial charge on any atom is -0.315 e. The number of sulfone groups is 1. The minimum atomic E-state index is -3.03. The number of fused-ring (bicyclic) bond motifs is 2. The summed E-state index contributed by atoms with van der Waals surface area (Å²) in [6, 6.07) is 15.3. The molecule has 2 aliphatic heterocycles. The highest BCUT2D eigenvalue weighted by Gasteiger charge is 2.44. The largest absolute Gasteiger partial charge is 0.315 e. The number of nitrogens with zero attached hydrogens (tertiary/aromatic N) is 4. The Bertz CT molecular complexity index is 1410. The minimum absolute atomic E-state index is 0.0553. The number of thioether (sulfide) groups is 1. The van der Waals surface area contributed by atoms with E-state index in [1.165, 1.54) is 17.3 Å². The molecule has 1 fully saturated rings. The molecule has 3 aromatic rings. The maximum absolute atomic E-state index is 12.8. The lowest BCUT2D eigenvalue weighted by molar-refractivity contribution is 0.601. The van der Waals surface area contributed by atoms with Crippen molar-refractivity contribution in [1.82, 2.24) is 9.38 Å². The van der Waals surface area contributed by atoms with Crippen molar-refractivity contribution in [1.29, 1.82) is 0 Å². The van der Waals surface area contributed by atoms with Gasteiger partial charge in [0.1, 0.15) is 5.65 Å². The Balaban J connectivity index is 1.53. The average Bonchev–Trinajstić information content (AvgIpc) is 3.25. The van der Waals surface area contributed by atoms with Crippen molar-refractivity contribution in [3.8, 4) is 0 Å². The standard InChI is InChI=1S/C24H26N4O3S2/c1-15(2)17-7-9-19(10-8-17)27(24-26-20-13-33(30,31)14-21(20)32-24)12-18-11-23(29)28-16(3)5-4-6-22(28)25-18/h4-11,15,20-21H,12-14H2,1-3H3/t20-,21+/m0/s1. The zero-order valence-corrected chi connectivity index (χ0v) is 20.4. The summed E-state index contributed by atoms with van der Waals surface area (Å²) in [5.74, 6) is 0.675. The van der Waals surface area contributed by atoms with E-state index >= 15 is 0 Å². The molecule has 4 heterocycles. The lowest BCUT2D eigenvalue weighted by atomic mass is 10.0. The van der Waals surface area contributed by atoms with Crippen LogP contribution in [0.15, 0.2) is 58.3 Å². The summed E-state index contributed by atoms with van der Waals surface area (Å²) in [5, 5.41) is 0.726. The van der Waals surface area contributed by atoms with Crippen molar-refractivity contribution in [2.24, 2.45) is 4.99 Å². The lowest BCUT2D eigenvalue weighted by Gasteiger charge is -2.25. The van der Waals surface area contributed by atoms with Gasteiger partial charge in [-0.05, 0) is 42.7 Å². The monoisotopic (exact) mass is 482 g/mol. The number of anilines is 1. The Kier molecular flexibility index (Phi) is 5.56. The van der Waals surface area contributed by atoms with Crippen LogP contribution in [0.2, 0.25) is 0 Å². The van der Waals surface area contributed by atoms with Gasteiger partial charge in [-0.15, -0.1) is 0 Å². The number of aryl methyl sites for hydroxylation is 1. The van der Waals surface area contributed by atoms with Crippen molar-refractivity contribution in [3.63, 3.8) is 0 Å². The van der Waals surface area contributed by atoms with E-state index < -0.39 is 9.84 Å². The van der Waals surface area contributed by atoms with Gasteiger partial charge in [0.15, 0.2) is 15.0 Å². The zero-order chi connectivity index (χ0) is 23.3. The molecule has 2 aliphatic rings. The van der Waals surface area contributed by atoms with Crippen molar-refractivity contribution in [2.75, 3.05) is 16.4 Å². The quantitative estimate of drug-likeness (QED) is 0.567. The van der Waals surface area contributed by atoms with Gasteiger partial charge in [0.2, 0.25) is 0 Å². The van der Waals surface area contributed by atoms with Crippen LogP contribution in [0.3, 0.4) is 0 Å². The van der Waals surface area contributed by atoms with Crippen LogP contribution in [0.1, 0.15) is 36.7 Å². The Labute approximate surface area is 197 Å². The van der Waals surface area contributed by atoms with Gasteiger partial charge in [-0.3, -0.25) is 14.2 Å². The first kappa shape index (κ1) is 22.2. The van der Waals surface area contributed by atoms with E-state index in [2.05, 4.69) is 38.1 Å². The van der Waals surface area contributed by atoms with Gasteiger partial charge in [-0.25, -0.2) is 13.4 Å². The molecule has 2 aromatic heterocycles. The summed E-state index contributed by atoms with van der Waals surface area (Å²) in [5.41, 5.74) is 4.15. The second kappa shape index (κ2) is 8.29. The molecular formula is C24H26N4O3S2. The van der Waals surface area contributed by atoms with Gasteiger partial charge < -0.3 is 4.90 Å². The number of amidine groups is 1. The van der Waals surface area contributed by atoms with Gasteiger partial charge in [0.05, 0.1) is 29.8 Å². The summed E-state index contributed by atoms with van der Waals surface area (Å²) in [6.45, 7) is 6.56. The fourth-order valence-corrected chi connectivity index (χ4v) is 8.17. The number of benzene rings is 1. The zero-order valence-electron chi connectivity index (χ0n) is 18.8. The third-order valence-corrected chi connectivity index (χ3v) is 9.41. The van der Waals surface area contributed by atoms with Crippen LogP contribution < -0.4 is 10.5 Å². The van der Waals surface area contributed by atoms with E-state index in [-0.39, 0.29) is 28.4 Å². The maximum Gasteiger partial charge on any atom is 0.258 e. The fraction of sp³-hybridized carbons (Fsp3) is 0.375. The first-order chi connectivity index (χ1) is 15.7. The Morgan fingerprint density at radius 1 is 1.15 bits per heavy atom. The molecule has 0 saturated carbocycles. The van der Waals surface area contributed by atoms with Crippen LogP contribution in [0, 0.1) is 6.92 Å². The summed E-state index contributed by atoms with van der Waals surface area (Å²) in [6.07, 6.45) is 0. The molecule has 0 amide bonds. The first-order valence-electron chi connectivity index (χ1n) is 11.0. The lowest BCUT2D eigenvalue weighted by Crippen LogP contribution is -2.30. The fourth-order valence-electron chi connectivity index (χ4n) is 4.39. The summed E-state index contributed by atoms with van der Waals surface area (Å²) >= 11 is 1.51. The predicted octanol–water partition coefficient (Wildman–Crippen LogP) is 3.40. The van der Waals surface area contributed by atoms with Crippen molar-refractivity contribution >= 4 is 38.1 Å². The Hall–Kier alpha value is -2.65. The van der Waals surface area contributed by atoms with Gasteiger partial charge in [-0.1, -0.05) is 43.8 Å². The third-order valence-electron chi connectivity index (χ3n) is 6.16. The summed E-state index contributed by atoms with van der Waals surface area (Å²) < 4.78 is 25.7. The SMILES string of the molecule is Cc1cccc2nc(CN(C3=N[C@H]4CS(=O)(=O)C[C@H]4S3)c3ccc(C(C)C)cc3)cc(=O)n12. The molecule has 0 aliphatic carbocycles. The second-order valence-electron chi connectivity index (χ2n) is 8.99. The molecule has 33 heavy (non-hydrogen) atoms. The number of aromatic nitrogens is 2. The molecule has 172 valence electrons. The predicted molar refractivity (Wildman–Crippen MR) is 134 cm³/mol.